The lowest BCUT2D eigenvalue weighted by atomic mass is 9.47. The molecule has 7 nitrogen and oxygen atoms in total. The Morgan fingerprint density at radius 3 is 2.37 bits per heavy atom. The molecule has 1 aromatic rings. The van der Waals surface area contributed by atoms with Crippen LogP contribution in [-0.2, 0) is 35.2 Å². The second-order valence-corrected chi connectivity index (χ2v) is 14.5. The number of carbonyl (C=O) groups excluding carboxylic acids is 4. The van der Waals surface area contributed by atoms with E-state index in [9.17, 15) is 19.2 Å². The Hall–Kier alpha value is -3.22. The van der Waals surface area contributed by atoms with E-state index in [4.69, 9.17) is 9.47 Å². The molecule has 7 rings (SSSR count). The summed E-state index contributed by atoms with van der Waals surface area (Å²) in [4.78, 5) is 53.4. The Bertz CT molecular complexity index is 1440. The number of rotatable bonds is 4. The van der Waals surface area contributed by atoms with Gasteiger partial charge in [-0.25, -0.2) is 0 Å². The summed E-state index contributed by atoms with van der Waals surface area (Å²) in [6, 6.07) is 9.69. The molecule has 0 radical (unpaired) electrons. The number of likely N-dealkylation sites (tertiary alicyclic amines) is 1. The van der Waals surface area contributed by atoms with E-state index in [0.29, 0.717) is 29.9 Å². The highest BCUT2D eigenvalue weighted by Crippen LogP contribution is 2.70. The van der Waals surface area contributed by atoms with Crippen LogP contribution in [0.3, 0.4) is 0 Å². The third kappa shape index (κ3) is 4.35. The van der Waals surface area contributed by atoms with E-state index in [1.807, 2.05) is 30.3 Å². The maximum absolute atomic E-state index is 14.1. The maximum atomic E-state index is 14.1. The van der Waals surface area contributed by atoms with Crippen molar-refractivity contribution >= 4 is 23.8 Å². The summed E-state index contributed by atoms with van der Waals surface area (Å²) in [7, 11) is 0. The highest BCUT2D eigenvalue weighted by Gasteiger charge is 2.66. The molecule has 228 valence electrons. The summed E-state index contributed by atoms with van der Waals surface area (Å²) < 4.78 is 11.6. The van der Waals surface area contributed by atoms with E-state index < -0.39 is 11.8 Å². The minimum atomic E-state index is -0.481. The summed E-state index contributed by atoms with van der Waals surface area (Å²) in [5.74, 6) is 0.258. The lowest BCUT2D eigenvalue weighted by Gasteiger charge is -2.57. The molecule has 3 saturated carbocycles. The van der Waals surface area contributed by atoms with Gasteiger partial charge in [-0.1, -0.05) is 55.8 Å². The molecular weight excluding hydrogens is 542 g/mol. The first-order chi connectivity index (χ1) is 20.5. The number of carbonyl (C=O) groups is 4. The van der Waals surface area contributed by atoms with Crippen molar-refractivity contribution in [3.63, 3.8) is 0 Å². The fourth-order valence-electron chi connectivity index (χ4n) is 10.7. The van der Waals surface area contributed by atoms with Crippen LogP contribution in [0.1, 0.15) is 84.6 Å². The van der Waals surface area contributed by atoms with Gasteiger partial charge in [0.25, 0.3) is 0 Å². The van der Waals surface area contributed by atoms with Crippen LogP contribution in [0.5, 0.6) is 0 Å². The second kappa shape index (κ2) is 10.2. The van der Waals surface area contributed by atoms with Crippen LogP contribution < -0.4 is 0 Å². The van der Waals surface area contributed by atoms with Gasteiger partial charge in [0.05, 0.1) is 18.4 Å². The molecule has 2 amide bonds. The summed E-state index contributed by atoms with van der Waals surface area (Å²) in [6.07, 6.45) is 9.34. The standard InChI is InChI=1S/C36H43NO6/c1-20(38)42-24-12-14-35(3)23(16-24)10-11-25-28(35)13-15-36(4)29(25)17-26-31-27(18-30(32(26)36)43-21(2)39)33(40)37(34(31)41)19-22-8-6-5-7-9-22/h5-10,24-29,31H,11-19H2,1-4H3/t24-,25-,26+,27-,28+,29+,31-,35+,36+/m1/s1. The third-order valence-corrected chi connectivity index (χ3v) is 12.4. The average Bonchev–Trinajstić information content (AvgIpc) is 3.40. The first-order valence-electron chi connectivity index (χ1n) is 16.2. The molecule has 43 heavy (non-hydrogen) atoms. The minimum absolute atomic E-state index is 0.0327. The Balaban J connectivity index is 1.22. The number of allylic oxidation sites excluding steroid dienone is 3. The monoisotopic (exact) mass is 585 g/mol. The van der Waals surface area contributed by atoms with E-state index >= 15 is 0 Å². The molecule has 1 saturated heterocycles. The number of fused-ring (bicyclic) bond motifs is 9. The predicted octanol–water partition coefficient (Wildman–Crippen LogP) is 6.13. The van der Waals surface area contributed by atoms with E-state index in [-0.39, 0.29) is 53.1 Å². The normalized spacial score (nSPS) is 39.7. The van der Waals surface area contributed by atoms with Crippen LogP contribution in [0, 0.1) is 46.3 Å². The van der Waals surface area contributed by atoms with Crippen LogP contribution in [-0.4, -0.2) is 34.8 Å². The van der Waals surface area contributed by atoms with Gasteiger partial charge in [0.2, 0.25) is 11.8 Å². The zero-order valence-corrected chi connectivity index (χ0v) is 25.8. The minimum Gasteiger partial charge on any atom is -0.462 e. The molecule has 0 bridgehead atoms. The van der Waals surface area contributed by atoms with Gasteiger partial charge in [-0.05, 0) is 84.2 Å². The summed E-state index contributed by atoms with van der Waals surface area (Å²) in [5.41, 5.74) is 3.43. The zero-order chi connectivity index (χ0) is 30.3. The molecule has 0 unspecified atom stereocenters. The Morgan fingerprint density at radius 1 is 0.907 bits per heavy atom. The van der Waals surface area contributed by atoms with Gasteiger partial charge in [0.15, 0.2) is 0 Å². The lowest BCUT2D eigenvalue weighted by molar-refractivity contribution is -0.148. The molecule has 6 aliphatic rings. The van der Waals surface area contributed by atoms with Crippen molar-refractivity contribution < 1.29 is 28.7 Å². The molecule has 1 aliphatic heterocycles. The van der Waals surface area contributed by atoms with Gasteiger partial charge in [-0.2, -0.15) is 0 Å². The van der Waals surface area contributed by atoms with Crippen LogP contribution in [0.15, 0.2) is 53.3 Å². The Labute approximate surface area is 254 Å². The molecule has 1 aromatic carbocycles. The quantitative estimate of drug-likeness (QED) is 0.240. The van der Waals surface area contributed by atoms with E-state index in [1.54, 1.807) is 0 Å². The number of esters is 2. The molecule has 1 heterocycles. The first kappa shape index (κ1) is 28.5. The lowest BCUT2D eigenvalue weighted by Crippen LogP contribution is -2.50. The number of benzene rings is 1. The molecular formula is C36H43NO6. The third-order valence-electron chi connectivity index (χ3n) is 12.4. The largest absolute Gasteiger partial charge is 0.462 e. The highest BCUT2D eigenvalue weighted by molar-refractivity contribution is 6.05. The SMILES string of the molecule is CC(=O)OC1=C2[C@@H](C[C@H]3[C@@H]4CC=C5C[C@H](OC(C)=O)CC[C@]5(C)[C@H]4CC[C@]23C)[C@H]2C(=O)N(Cc3ccccc3)C(=O)[C@@H]2C1. The van der Waals surface area contributed by atoms with E-state index in [0.717, 1.165) is 56.1 Å². The van der Waals surface area contributed by atoms with Crippen LogP contribution in [0.4, 0.5) is 0 Å². The van der Waals surface area contributed by atoms with Gasteiger partial charge in [-0.3, -0.25) is 24.1 Å². The number of amides is 2. The van der Waals surface area contributed by atoms with E-state index in [2.05, 4.69) is 19.9 Å². The summed E-state index contributed by atoms with van der Waals surface area (Å²) in [6.45, 7) is 7.97. The first-order valence-corrected chi connectivity index (χ1v) is 16.2. The Kier molecular flexibility index (Phi) is 6.75. The predicted molar refractivity (Wildman–Crippen MR) is 159 cm³/mol. The van der Waals surface area contributed by atoms with Crippen molar-refractivity contribution in [1.82, 2.24) is 4.90 Å². The van der Waals surface area contributed by atoms with E-state index in [1.165, 1.54) is 24.3 Å². The molecule has 7 heteroatoms. The van der Waals surface area contributed by atoms with Crippen molar-refractivity contribution in [2.24, 2.45) is 46.3 Å². The van der Waals surface area contributed by atoms with Crippen molar-refractivity contribution in [3.8, 4) is 0 Å². The van der Waals surface area contributed by atoms with Gasteiger partial charge in [0, 0.05) is 26.7 Å². The van der Waals surface area contributed by atoms with Crippen LogP contribution >= 0.6 is 0 Å². The molecule has 0 spiro atoms. The van der Waals surface area contributed by atoms with Gasteiger partial charge in [-0.15, -0.1) is 0 Å². The number of nitrogens with zero attached hydrogens (tertiary/aromatic N) is 1. The molecule has 0 N–H and O–H groups in total. The Morgan fingerprint density at radius 2 is 1.65 bits per heavy atom. The van der Waals surface area contributed by atoms with Gasteiger partial charge in [0.1, 0.15) is 11.9 Å². The molecule has 9 atom stereocenters. The fraction of sp³-hybridized carbons (Fsp3) is 0.611. The number of hydrogen-bond acceptors (Lipinski definition) is 6. The van der Waals surface area contributed by atoms with Crippen molar-refractivity contribution in [1.29, 1.82) is 0 Å². The molecule has 0 aromatic heterocycles. The summed E-state index contributed by atoms with van der Waals surface area (Å²) >= 11 is 0. The maximum Gasteiger partial charge on any atom is 0.307 e. The molecule has 5 aliphatic carbocycles. The molecule has 4 fully saturated rings. The van der Waals surface area contributed by atoms with Crippen LogP contribution in [0.25, 0.3) is 0 Å². The number of hydrogen-bond donors (Lipinski definition) is 0. The van der Waals surface area contributed by atoms with Gasteiger partial charge < -0.3 is 9.47 Å². The highest BCUT2D eigenvalue weighted by atomic mass is 16.5. The zero-order valence-electron chi connectivity index (χ0n) is 25.8. The van der Waals surface area contributed by atoms with Crippen LogP contribution in [0.2, 0.25) is 0 Å². The topological polar surface area (TPSA) is 90.0 Å². The summed E-state index contributed by atoms with van der Waals surface area (Å²) in [5, 5.41) is 0. The fourth-order valence-corrected chi connectivity index (χ4v) is 10.7. The number of imide groups is 1. The van der Waals surface area contributed by atoms with Crippen molar-refractivity contribution in [2.45, 2.75) is 91.7 Å². The van der Waals surface area contributed by atoms with Gasteiger partial charge >= 0.3 is 11.9 Å². The smallest absolute Gasteiger partial charge is 0.307 e. The second-order valence-electron chi connectivity index (χ2n) is 14.5. The average molecular weight is 586 g/mol. The van der Waals surface area contributed by atoms with Crippen molar-refractivity contribution in [2.75, 3.05) is 0 Å². The number of ether oxygens (including phenoxy) is 2. The van der Waals surface area contributed by atoms with Crippen molar-refractivity contribution in [3.05, 3.63) is 58.9 Å².